The first-order chi connectivity index (χ1) is 9.32. The maximum atomic E-state index is 12.0. The number of hydrogen-bond acceptors (Lipinski definition) is 2. The van der Waals surface area contributed by atoms with Crippen LogP contribution in [0, 0.1) is 11.3 Å². The highest BCUT2D eigenvalue weighted by molar-refractivity contribution is 5.90. The number of hydrogen-bond donors (Lipinski definition) is 2. The molecule has 0 spiro atoms. The number of benzene rings is 1. The summed E-state index contributed by atoms with van der Waals surface area (Å²) in [7, 11) is 0. The lowest BCUT2D eigenvalue weighted by atomic mass is 9.80. The summed E-state index contributed by atoms with van der Waals surface area (Å²) in [5.74, 6) is 0.447. The number of rotatable bonds is 6. The molecule has 1 aromatic rings. The summed E-state index contributed by atoms with van der Waals surface area (Å²) >= 11 is 0. The Morgan fingerprint density at radius 2 is 1.80 bits per heavy atom. The second-order valence-electron chi connectivity index (χ2n) is 6.50. The van der Waals surface area contributed by atoms with E-state index in [0.717, 1.165) is 18.8 Å². The van der Waals surface area contributed by atoms with Crippen LogP contribution in [0.3, 0.4) is 0 Å². The van der Waals surface area contributed by atoms with Crippen molar-refractivity contribution in [1.29, 1.82) is 0 Å². The van der Waals surface area contributed by atoms with Gasteiger partial charge in [-0.25, -0.2) is 0 Å². The van der Waals surface area contributed by atoms with Crippen molar-refractivity contribution in [2.24, 2.45) is 11.3 Å². The van der Waals surface area contributed by atoms with Crippen molar-refractivity contribution in [2.45, 2.75) is 47.6 Å². The smallest absolute Gasteiger partial charge is 0.224 e. The maximum absolute atomic E-state index is 12.0. The molecule has 0 heterocycles. The standard InChI is InChI=1S/C17H28N2O/c1-6-18-12-14-7-9-15(10-8-14)19-16(20)11-13(2)17(3,4)5/h7-10,13,18H,6,11-12H2,1-5H3,(H,19,20). The first-order valence-electron chi connectivity index (χ1n) is 7.42. The molecule has 0 fully saturated rings. The van der Waals surface area contributed by atoms with Crippen LogP contribution in [0.25, 0.3) is 0 Å². The molecule has 1 atom stereocenters. The van der Waals surface area contributed by atoms with Gasteiger partial charge in [0.15, 0.2) is 0 Å². The molecular weight excluding hydrogens is 248 g/mol. The second kappa shape index (κ2) is 7.44. The number of nitrogens with one attached hydrogen (secondary N) is 2. The first kappa shape index (κ1) is 16.7. The molecule has 0 aromatic heterocycles. The van der Waals surface area contributed by atoms with Gasteiger partial charge in [-0.05, 0) is 35.6 Å². The van der Waals surface area contributed by atoms with E-state index >= 15 is 0 Å². The van der Waals surface area contributed by atoms with Gasteiger partial charge in [0, 0.05) is 18.7 Å². The lowest BCUT2D eigenvalue weighted by Crippen LogP contribution is -2.23. The summed E-state index contributed by atoms with van der Waals surface area (Å²) in [5, 5.41) is 6.25. The molecule has 1 rings (SSSR count). The lowest BCUT2D eigenvalue weighted by molar-refractivity contribution is -0.117. The maximum Gasteiger partial charge on any atom is 0.224 e. The molecule has 0 aliphatic heterocycles. The van der Waals surface area contributed by atoms with Gasteiger partial charge in [-0.2, -0.15) is 0 Å². The van der Waals surface area contributed by atoms with Gasteiger partial charge in [0.2, 0.25) is 5.91 Å². The Bertz CT molecular complexity index is 418. The van der Waals surface area contributed by atoms with Crippen molar-refractivity contribution in [3.8, 4) is 0 Å². The van der Waals surface area contributed by atoms with Crippen molar-refractivity contribution >= 4 is 11.6 Å². The normalized spacial score (nSPS) is 13.1. The molecule has 0 saturated heterocycles. The molecule has 0 saturated carbocycles. The molecule has 1 aromatic carbocycles. The molecule has 3 heteroatoms. The minimum Gasteiger partial charge on any atom is -0.326 e. The van der Waals surface area contributed by atoms with Crippen LogP contribution in [-0.4, -0.2) is 12.5 Å². The highest BCUT2D eigenvalue weighted by atomic mass is 16.1. The van der Waals surface area contributed by atoms with Crippen LogP contribution in [0.15, 0.2) is 24.3 Å². The monoisotopic (exact) mass is 276 g/mol. The average molecular weight is 276 g/mol. The quantitative estimate of drug-likeness (QED) is 0.829. The third-order valence-electron chi connectivity index (χ3n) is 3.79. The zero-order chi connectivity index (χ0) is 15.2. The van der Waals surface area contributed by atoms with Crippen LogP contribution in [-0.2, 0) is 11.3 Å². The summed E-state index contributed by atoms with van der Waals surface area (Å²) < 4.78 is 0. The third-order valence-corrected chi connectivity index (χ3v) is 3.79. The van der Waals surface area contributed by atoms with Crippen LogP contribution < -0.4 is 10.6 Å². The number of amides is 1. The summed E-state index contributed by atoms with van der Waals surface area (Å²) in [6.07, 6.45) is 0.558. The Kier molecular flexibility index (Phi) is 6.21. The Balaban J connectivity index is 2.50. The molecular formula is C17H28N2O. The molecule has 0 aliphatic carbocycles. The van der Waals surface area contributed by atoms with Crippen molar-refractivity contribution < 1.29 is 4.79 Å². The van der Waals surface area contributed by atoms with Gasteiger partial charge < -0.3 is 10.6 Å². The van der Waals surface area contributed by atoms with E-state index in [1.807, 2.05) is 24.3 Å². The SMILES string of the molecule is CCNCc1ccc(NC(=O)CC(C)C(C)(C)C)cc1. The Hall–Kier alpha value is -1.35. The summed E-state index contributed by atoms with van der Waals surface area (Å²) in [5.41, 5.74) is 2.26. The van der Waals surface area contributed by atoms with Crippen molar-refractivity contribution in [3.05, 3.63) is 29.8 Å². The Morgan fingerprint density at radius 1 is 1.20 bits per heavy atom. The van der Waals surface area contributed by atoms with Crippen LogP contribution in [0.4, 0.5) is 5.69 Å². The third kappa shape index (κ3) is 5.74. The van der Waals surface area contributed by atoms with Gasteiger partial charge in [-0.15, -0.1) is 0 Å². The van der Waals surface area contributed by atoms with Crippen molar-refractivity contribution in [2.75, 3.05) is 11.9 Å². The fourth-order valence-corrected chi connectivity index (χ4v) is 1.77. The van der Waals surface area contributed by atoms with E-state index in [0.29, 0.717) is 12.3 Å². The molecule has 20 heavy (non-hydrogen) atoms. The predicted octanol–water partition coefficient (Wildman–Crippen LogP) is 3.81. The number of anilines is 1. The summed E-state index contributed by atoms with van der Waals surface area (Å²) in [6, 6.07) is 8.02. The van der Waals surface area contributed by atoms with E-state index < -0.39 is 0 Å². The van der Waals surface area contributed by atoms with E-state index in [1.165, 1.54) is 5.56 Å². The number of carbonyl (C=O) groups excluding carboxylic acids is 1. The Morgan fingerprint density at radius 3 is 2.30 bits per heavy atom. The number of carbonyl (C=O) groups is 1. The summed E-state index contributed by atoms with van der Waals surface area (Å²) in [4.78, 5) is 12.0. The van der Waals surface area contributed by atoms with Gasteiger partial charge in [-0.3, -0.25) is 4.79 Å². The van der Waals surface area contributed by atoms with Gasteiger partial charge in [0.1, 0.15) is 0 Å². The molecule has 3 nitrogen and oxygen atoms in total. The summed E-state index contributed by atoms with van der Waals surface area (Å²) in [6.45, 7) is 12.5. The fourth-order valence-electron chi connectivity index (χ4n) is 1.77. The zero-order valence-electron chi connectivity index (χ0n) is 13.4. The highest BCUT2D eigenvalue weighted by Crippen LogP contribution is 2.28. The first-order valence-corrected chi connectivity index (χ1v) is 7.42. The molecule has 0 radical (unpaired) electrons. The van der Waals surface area contributed by atoms with Gasteiger partial charge >= 0.3 is 0 Å². The topological polar surface area (TPSA) is 41.1 Å². The van der Waals surface area contributed by atoms with Crippen LogP contribution in [0.1, 0.15) is 46.6 Å². The fraction of sp³-hybridized carbons (Fsp3) is 0.588. The van der Waals surface area contributed by atoms with Gasteiger partial charge in [0.05, 0.1) is 0 Å². The Labute approximate surface area is 123 Å². The van der Waals surface area contributed by atoms with E-state index in [1.54, 1.807) is 0 Å². The minimum atomic E-state index is 0.0897. The van der Waals surface area contributed by atoms with Gasteiger partial charge in [0.25, 0.3) is 0 Å². The predicted molar refractivity (Wildman–Crippen MR) is 85.7 cm³/mol. The molecule has 2 N–H and O–H groups in total. The molecule has 1 unspecified atom stereocenters. The molecule has 0 bridgehead atoms. The van der Waals surface area contributed by atoms with Crippen molar-refractivity contribution in [3.63, 3.8) is 0 Å². The van der Waals surface area contributed by atoms with E-state index in [9.17, 15) is 4.79 Å². The van der Waals surface area contributed by atoms with Crippen LogP contribution >= 0.6 is 0 Å². The average Bonchev–Trinajstić information content (AvgIpc) is 2.36. The van der Waals surface area contributed by atoms with Crippen molar-refractivity contribution in [1.82, 2.24) is 5.32 Å². The van der Waals surface area contributed by atoms with E-state index in [4.69, 9.17) is 0 Å². The van der Waals surface area contributed by atoms with E-state index in [-0.39, 0.29) is 11.3 Å². The molecule has 112 valence electrons. The van der Waals surface area contributed by atoms with E-state index in [2.05, 4.69) is 45.3 Å². The largest absolute Gasteiger partial charge is 0.326 e. The van der Waals surface area contributed by atoms with Crippen LogP contribution in [0.5, 0.6) is 0 Å². The van der Waals surface area contributed by atoms with Gasteiger partial charge in [-0.1, -0.05) is 46.8 Å². The van der Waals surface area contributed by atoms with Crippen LogP contribution in [0.2, 0.25) is 0 Å². The highest BCUT2D eigenvalue weighted by Gasteiger charge is 2.22. The zero-order valence-corrected chi connectivity index (χ0v) is 13.4. The molecule has 1 amide bonds. The minimum absolute atomic E-state index is 0.0897. The molecule has 0 aliphatic rings. The second-order valence-corrected chi connectivity index (χ2v) is 6.50. The lowest BCUT2D eigenvalue weighted by Gasteiger charge is -2.26.